The quantitative estimate of drug-likeness (QED) is 0.151. The molecule has 3 heterocycles. The summed E-state index contributed by atoms with van der Waals surface area (Å²) in [5, 5.41) is 5.09. The van der Waals surface area contributed by atoms with Gasteiger partial charge in [-0.15, -0.1) is 0 Å². The highest BCUT2D eigenvalue weighted by Crippen LogP contribution is 2.40. The second-order valence-electron chi connectivity index (χ2n) is 12.7. The number of benzene rings is 4. The van der Waals surface area contributed by atoms with Crippen LogP contribution in [0.5, 0.6) is 0 Å². The van der Waals surface area contributed by atoms with E-state index in [4.69, 9.17) is 4.99 Å². The van der Waals surface area contributed by atoms with Crippen molar-refractivity contribution in [2.24, 2.45) is 4.99 Å². The molecule has 2 atom stereocenters. The summed E-state index contributed by atoms with van der Waals surface area (Å²) >= 11 is 0. The normalized spacial score (nSPS) is 18.6. The fourth-order valence-electron chi connectivity index (χ4n) is 6.93. The molecule has 7 rings (SSSR count). The van der Waals surface area contributed by atoms with Crippen molar-refractivity contribution in [3.63, 3.8) is 0 Å². The molecule has 0 fully saturated rings. The molecule has 2 aliphatic rings. The molecule has 0 amide bonds. The first-order chi connectivity index (χ1) is 19.8. The van der Waals surface area contributed by atoms with Crippen LogP contribution >= 0.6 is 0 Å². The molecule has 2 aliphatic heterocycles. The van der Waals surface area contributed by atoms with Crippen LogP contribution in [0.25, 0.3) is 38.5 Å². The lowest BCUT2D eigenvalue weighted by Crippen LogP contribution is -2.38. The van der Waals surface area contributed by atoms with Gasteiger partial charge in [0.2, 0.25) is 5.69 Å². The van der Waals surface area contributed by atoms with Gasteiger partial charge in [-0.25, -0.2) is 0 Å². The summed E-state index contributed by atoms with van der Waals surface area (Å²) in [6.07, 6.45) is 7.05. The Morgan fingerprint density at radius 3 is 2.41 bits per heavy atom. The smallest absolute Gasteiger partial charge is 0.219 e. The Kier molecular flexibility index (Phi) is 6.05. The number of fused-ring (bicyclic) bond motifs is 9. The van der Waals surface area contributed by atoms with Crippen LogP contribution in [0, 0.1) is 0 Å². The Hall–Kier alpha value is -4.30. The van der Waals surface area contributed by atoms with E-state index >= 15 is 0 Å². The molecular weight excluding hydrogens is 496 g/mol. The van der Waals surface area contributed by atoms with Crippen molar-refractivity contribution in [3.05, 3.63) is 133 Å². The number of allylic oxidation sites excluding steroid dienone is 1. The van der Waals surface area contributed by atoms with Gasteiger partial charge >= 0.3 is 0 Å². The van der Waals surface area contributed by atoms with Gasteiger partial charge in [-0.1, -0.05) is 94.1 Å². The molecule has 202 valence electrons. The number of aliphatic imine (C=N–C) groups is 1. The molecule has 1 aromatic heterocycles. The average Bonchev–Trinajstić information content (AvgIpc) is 2.98. The number of aromatic nitrogens is 1. The van der Waals surface area contributed by atoms with E-state index in [1.165, 1.54) is 55.1 Å². The highest BCUT2D eigenvalue weighted by Gasteiger charge is 2.34. The van der Waals surface area contributed by atoms with Crippen molar-refractivity contribution in [1.29, 1.82) is 0 Å². The summed E-state index contributed by atoms with van der Waals surface area (Å²) < 4.78 is 2.34. The van der Waals surface area contributed by atoms with Crippen LogP contribution < -0.4 is 4.57 Å². The largest absolute Gasteiger partial charge is 0.280 e. The van der Waals surface area contributed by atoms with Crippen molar-refractivity contribution < 1.29 is 4.57 Å². The van der Waals surface area contributed by atoms with Crippen molar-refractivity contribution >= 4 is 33.0 Å². The zero-order valence-electron chi connectivity index (χ0n) is 24.3. The molecular formula is C39H37N2+. The summed E-state index contributed by atoms with van der Waals surface area (Å²) in [5.74, 6) is 0.336. The summed E-state index contributed by atoms with van der Waals surface area (Å²) in [6.45, 7) is 15.6. The van der Waals surface area contributed by atoms with Crippen molar-refractivity contribution in [2.45, 2.75) is 57.4 Å². The summed E-state index contributed by atoms with van der Waals surface area (Å²) in [6, 6.07) is 31.7. The van der Waals surface area contributed by atoms with Crippen molar-refractivity contribution in [3.8, 4) is 11.3 Å². The zero-order valence-corrected chi connectivity index (χ0v) is 24.3. The molecule has 0 saturated heterocycles. The van der Waals surface area contributed by atoms with Crippen LogP contribution in [0.2, 0.25) is 0 Å². The van der Waals surface area contributed by atoms with Gasteiger partial charge in [-0.2, -0.15) is 4.57 Å². The average molecular weight is 534 g/mol. The fourth-order valence-corrected chi connectivity index (χ4v) is 6.93. The summed E-state index contributed by atoms with van der Waals surface area (Å²) in [4.78, 5) is 5.27. The van der Waals surface area contributed by atoms with E-state index in [1.807, 2.05) is 6.08 Å². The predicted molar refractivity (Wildman–Crippen MR) is 174 cm³/mol. The first-order valence-corrected chi connectivity index (χ1v) is 14.8. The first kappa shape index (κ1) is 25.7. The monoisotopic (exact) mass is 533 g/mol. The minimum absolute atomic E-state index is 0.115. The maximum atomic E-state index is 5.27. The van der Waals surface area contributed by atoms with E-state index in [0.29, 0.717) is 5.92 Å². The Balaban J connectivity index is 1.43. The summed E-state index contributed by atoms with van der Waals surface area (Å²) in [7, 11) is 0. The highest BCUT2D eigenvalue weighted by molar-refractivity contribution is 6.10. The number of rotatable bonds is 1. The molecule has 2 nitrogen and oxygen atoms in total. The second-order valence-corrected chi connectivity index (χ2v) is 12.7. The number of pyridine rings is 1. The number of aryl methyl sites for hydroxylation is 1. The maximum absolute atomic E-state index is 5.27. The lowest BCUT2D eigenvalue weighted by molar-refractivity contribution is -0.569. The Morgan fingerprint density at radius 1 is 0.854 bits per heavy atom. The molecule has 2 heteroatoms. The molecule has 5 aromatic rings. The molecule has 2 unspecified atom stereocenters. The molecule has 0 N–H and O–H groups in total. The first-order valence-electron chi connectivity index (χ1n) is 14.8. The van der Waals surface area contributed by atoms with Gasteiger partial charge in [-0.3, -0.25) is 4.99 Å². The van der Waals surface area contributed by atoms with Crippen molar-refractivity contribution in [2.75, 3.05) is 0 Å². The van der Waals surface area contributed by atoms with E-state index in [9.17, 15) is 0 Å². The molecule has 0 spiro atoms. The van der Waals surface area contributed by atoms with Gasteiger partial charge in [0.1, 0.15) is 0 Å². The van der Waals surface area contributed by atoms with Crippen LogP contribution in [0.1, 0.15) is 61.8 Å². The second kappa shape index (κ2) is 9.66. The third kappa shape index (κ3) is 4.34. The van der Waals surface area contributed by atoms with E-state index in [0.717, 1.165) is 30.7 Å². The van der Waals surface area contributed by atoms with Gasteiger partial charge in [0.15, 0.2) is 11.9 Å². The Labute approximate surface area is 243 Å². The number of hydrogen-bond donors (Lipinski definition) is 0. The zero-order chi connectivity index (χ0) is 28.3. The highest BCUT2D eigenvalue weighted by atomic mass is 15.0. The predicted octanol–water partition coefficient (Wildman–Crippen LogP) is 9.19. The van der Waals surface area contributed by atoms with Gasteiger partial charge in [0.05, 0.1) is 18.2 Å². The van der Waals surface area contributed by atoms with E-state index in [1.54, 1.807) is 0 Å². The maximum Gasteiger partial charge on any atom is 0.219 e. The molecule has 0 aliphatic carbocycles. The van der Waals surface area contributed by atoms with Crippen LogP contribution in [-0.2, 0) is 11.8 Å². The number of nitrogens with zero attached hydrogens (tertiary/aromatic N) is 2. The van der Waals surface area contributed by atoms with Gasteiger partial charge < -0.3 is 0 Å². The van der Waals surface area contributed by atoms with Crippen LogP contribution in [0.4, 0.5) is 0 Å². The molecule has 0 radical (unpaired) electrons. The van der Waals surface area contributed by atoms with Crippen LogP contribution in [-0.4, -0.2) is 11.8 Å². The minimum Gasteiger partial charge on any atom is -0.280 e. The van der Waals surface area contributed by atoms with Crippen LogP contribution in [0.3, 0.4) is 0 Å². The number of hydrogen-bond acceptors (Lipinski definition) is 1. The topological polar surface area (TPSA) is 16.2 Å². The third-order valence-corrected chi connectivity index (χ3v) is 9.17. The van der Waals surface area contributed by atoms with Gasteiger partial charge in [0.25, 0.3) is 0 Å². The van der Waals surface area contributed by atoms with E-state index < -0.39 is 0 Å². The molecule has 0 saturated carbocycles. The Bertz CT molecular complexity index is 1900. The molecule has 41 heavy (non-hydrogen) atoms. The molecule has 0 bridgehead atoms. The lowest BCUT2D eigenvalue weighted by atomic mass is 9.78. The van der Waals surface area contributed by atoms with Crippen LogP contribution in [0.15, 0.2) is 115 Å². The lowest BCUT2D eigenvalue weighted by Gasteiger charge is -2.32. The van der Waals surface area contributed by atoms with E-state index in [-0.39, 0.29) is 11.5 Å². The van der Waals surface area contributed by atoms with Gasteiger partial charge in [0, 0.05) is 33.9 Å². The van der Waals surface area contributed by atoms with E-state index in [2.05, 4.69) is 130 Å². The summed E-state index contributed by atoms with van der Waals surface area (Å²) in [5.41, 5.74) is 10.0. The van der Waals surface area contributed by atoms with Gasteiger partial charge in [-0.05, 0) is 70.5 Å². The standard InChI is InChI=1S/C39H37N2/c1-6-36-33-14-10-9-13-32(33)34-19-17-26-11-7-8-12-31(26)38-23-35-28(24-41(38)25(2)21-37(34)40-36)16-15-27-22-29(39(3,4)5)18-20-30(27)35/h6-16,18,20,22-24,34,37H,1-2,17,19,21H2,3-5H3/q+1. The minimum atomic E-state index is 0.115. The van der Waals surface area contributed by atoms with Crippen molar-refractivity contribution in [1.82, 2.24) is 0 Å². The SMILES string of the molecule is C=CC1=NC2CC(=C)[n+]3cc4ccc5cc(C(C)(C)C)ccc5c4cc3-c3ccccc3CCC2c2ccccc21. The Morgan fingerprint density at radius 2 is 1.61 bits per heavy atom. The fraction of sp³-hybridized carbons (Fsp3) is 0.231. The molecule has 4 aromatic carbocycles. The third-order valence-electron chi connectivity index (χ3n) is 9.17.